The Bertz CT molecular complexity index is 1530. The first-order valence-corrected chi connectivity index (χ1v) is 15.1. The number of anilines is 1. The number of ether oxygens (including phenoxy) is 1. The number of nitrogens with one attached hydrogen (secondary N) is 4. The van der Waals surface area contributed by atoms with Crippen molar-refractivity contribution in [3.05, 3.63) is 82.4 Å². The highest BCUT2D eigenvalue weighted by molar-refractivity contribution is 6.30. The average molecular weight is 621 g/mol. The zero-order valence-corrected chi connectivity index (χ0v) is 25.4. The van der Waals surface area contributed by atoms with E-state index in [2.05, 4.69) is 33.3 Å². The molecule has 1 fully saturated rings. The number of rotatable bonds is 11. The van der Waals surface area contributed by atoms with Gasteiger partial charge in [-0.1, -0.05) is 29.8 Å². The van der Waals surface area contributed by atoms with E-state index < -0.39 is 11.7 Å². The van der Waals surface area contributed by atoms with Crippen molar-refractivity contribution >= 4 is 34.8 Å². The summed E-state index contributed by atoms with van der Waals surface area (Å²) in [5.41, 5.74) is 10.1. The van der Waals surface area contributed by atoms with Crippen LogP contribution in [0.15, 0.2) is 65.7 Å². The Morgan fingerprint density at radius 3 is 2.61 bits per heavy atom. The molecule has 12 heteroatoms. The maximum atomic E-state index is 12.7. The van der Waals surface area contributed by atoms with Crippen molar-refractivity contribution in [3.8, 4) is 17.2 Å². The van der Waals surface area contributed by atoms with Crippen molar-refractivity contribution < 1.29 is 24.5 Å². The summed E-state index contributed by atoms with van der Waals surface area (Å²) >= 11 is 6.21. The van der Waals surface area contributed by atoms with E-state index in [-0.39, 0.29) is 42.0 Å². The Labute approximate surface area is 261 Å². The molecule has 6 N–H and O–H groups in total. The molecule has 0 bridgehead atoms. The zero-order chi connectivity index (χ0) is 31.2. The number of halogens is 1. The number of nitrogens with zero attached hydrogens (tertiary/aromatic N) is 2. The Morgan fingerprint density at radius 2 is 1.84 bits per heavy atom. The number of fused-ring (bicyclic) bond motifs is 3. The number of hydrogen-bond donors (Lipinski definition) is 6. The van der Waals surface area contributed by atoms with Gasteiger partial charge in [0, 0.05) is 34.9 Å². The number of hydrogen-bond acceptors (Lipinski definition) is 9. The van der Waals surface area contributed by atoms with Crippen LogP contribution in [0.1, 0.15) is 54.6 Å². The fourth-order valence-corrected chi connectivity index (χ4v) is 5.56. The van der Waals surface area contributed by atoms with Crippen LogP contribution in [0.2, 0.25) is 5.02 Å². The van der Waals surface area contributed by atoms with Crippen LogP contribution < -0.4 is 31.1 Å². The number of carbonyl (C=O) groups excluding carboxylic acids is 2. The normalized spacial score (nSPS) is 18.9. The minimum Gasteiger partial charge on any atom is -0.504 e. The minimum absolute atomic E-state index is 0.0255. The lowest BCUT2D eigenvalue weighted by atomic mass is 9.99. The van der Waals surface area contributed by atoms with Crippen molar-refractivity contribution in [1.82, 2.24) is 21.5 Å². The number of aliphatic imine (C=N–C) groups is 1. The van der Waals surface area contributed by atoms with Gasteiger partial charge in [0.1, 0.15) is 11.9 Å². The molecule has 44 heavy (non-hydrogen) atoms. The Morgan fingerprint density at radius 1 is 1.05 bits per heavy atom. The molecule has 0 spiro atoms. The SMILES string of the molecule is CCNC(=O)CC1N=C(c2ccc(Cl)cc2)c2cc(OCCCCNC(=O)c3cccc(O)c3O)ccc2N2C(C)NNC12. The van der Waals surface area contributed by atoms with Gasteiger partial charge in [-0.05, 0) is 69.2 Å². The monoisotopic (exact) mass is 620 g/mol. The summed E-state index contributed by atoms with van der Waals surface area (Å²) in [5.74, 6) is -0.623. The maximum absolute atomic E-state index is 12.7. The highest BCUT2D eigenvalue weighted by Crippen LogP contribution is 2.36. The molecule has 5 rings (SSSR count). The molecule has 3 unspecified atom stereocenters. The van der Waals surface area contributed by atoms with E-state index in [0.717, 1.165) is 22.5 Å². The molecule has 0 radical (unpaired) electrons. The third kappa shape index (κ3) is 6.91. The van der Waals surface area contributed by atoms with Crippen LogP contribution in [0.3, 0.4) is 0 Å². The summed E-state index contributed by atoms with van der Waals surface area (Å²) in [4.78, 5) is 32.4. The lowest BCUT2D eigenvalue weighted by molar-refractivity contribution is -0.121. The second-order valence-electron chi connectivity index (χ2n) is 10.7. The van der Waals surface area contributed by atoms with Crippen molar-refractivity contribution in [1.29, 1.82) is 0 Å². The molecule has 0 saturated carbocycles. The Kier molecular flexibility index (Phi) is 9.89. The number of phenols is 2. The van der Waals surface area contributed by atoms with E-state index in [4.69, 9.17) is 21.3 Å². The molecule has 11 nitrogen and oxygen atoms in total. The average Bonchev–Trinajstić information content (AvgIpc) is 3.33. The molecule has 3 aromatic carbocycles. The van der Waals surface area contributed by atoms with Gasteiger partial charge in [0.2, 0.25) is 5.91 Å². The lowest BCUT2D eigenvalue weighted by Crippen LogP contribution is -2.47. The zero-order valence-electron chi connectivity index (χ0n) is 24.6. The van der Waals surface area contributed by atoms with E-state index in [1.54, 1.807) is 0 Å². The van der Waals surface area contributed by atoms with Crippen LogP contribution in [0.25, 0.3) is 0 Å². The van der Waals surface area contributed by atoms with Crippen molar-refractivity contribution in [2.75, 3.05) is 24.6 Å². The fraction of sp³-hybridized carbons (Fsp3) is 0.344. The molecule has 0 aliphatic carbocycles. The number of para-hydroxylation sites is 1. The summed E-state index contributed by atoms with van der Waals surface area (Å²) in [7, 11) is 0. The number of carbonyl (C=O) groups is 2. The van der Waals surface area contributed by atoms with E-state index in [1.807, 2.05) is 49.4 Å². The third-order valence-corrected chi connectivity index (χ3v) is 7.84. The molecule has 232 valence electrons. The van der Waals surface area contributed by atoms with Crippen LogP contribution >= 0.6 is 11.6 Å². The number of unbranched alkanes of at least 4 members (excludes halogenated alkanes) is 1. The van der Waals surface area contributed by atoms with Crippen molar-refractivity contribution in [3.63, 3.8) is 0 Å². The largest absolute Gasteiger partial charge is 0.504 e. The quantitative estimate of drug-likeness (QED) is 0.141. The first-order chi connectivity index (χ1) is 21.3. The second-order valence-corrected chi connectivity index (χ2v) is 11.1. The predicted octanol–water partition coefficient (Wildman–Crippen LogP) is 3.67. The third-order valence-electron chi connectivity index (χ3n) is 7.59. The predicted molar refractivity (Wildman–Crippen MR) is 169 cm³/mol. The second kappa shape index (κ2) is 14.0. The maximum Gasteiger partial charge on any atom is 0.255 e. The Hall–Kier alpha value is -4.32. The van der Waals surface area contributed by atoms with E-state index in [9.17, 15) is 19.8 Å². The Balaban J connectivity index is 1.32. The van der Waals surface area contributed by atoms with Gasteiger partial charge in [-0.15, -0.1) is 0 Å². The van der Waals surface area contributed by atoms with Crippen molar-refractivity contribution in [2.45, 2.75) is 51.5 Å². The van der Waals surface area contributed by atoms with E-state index in [1.165, 1.54) is 18.2 Å². The van der Waals surface area contributed by atoms with Gasteiger partial charge >= 0.3 is 0 Å². The van der Waals surface area contributed by atoms with Gasteiger partial charge in [0.05, 0.1) is 36.5 Å². The highest BCUT2D eigenvalue weighted by atomic mass is 35.5. The summed E-state index contributed by atoms with van der Waals surface area (Å²) in [6.07, 6.45) is 1.24. The van der Waals surface area contributed by atoms with Gasteiger partial charge in [0.15, 0.2) is 11.5 Å². The van der Waals surface area contributed by atoms with Gasteiger partial charge in [0.25, 0.3) is 5.91 Å². The standard InChI is InChI=1S/C32H37ClN6O5/c1-3-34-28(41)18-25-31-38-37-19(2)39(31)26-14-13-22(17-24(26)29(36-25)20-9-11-21(33)12-10-20)44-16-5-4-15-35-32(43)23-7-6-8-27(40)30(23)42/h6-14,17,19,25,31,37-38,40,42H,3-5,15-16,18H2,1-2H3,(H,34,41)(H,35,43). The molecule has 3 atom stereocenters. The number of aromatic hydroxyl groups is 2. The van der Waals surface area contributed by atoms with E-state index in [0.29, 0.717) is 43.3 Å². The fourth-order valence-electron chi connectivity index (χ4n) is 5.43. The molecule has 3 aromatic rings. The smallest absolute Gasteiger partial charge is 0.255 e. The molecule has 2 amide bonds. The summed E-state index contributed by atoms with van der Waals surface area (Å²) in [5, 5.41) is 25.8. The first-order valence-electron chi connectivity index (χ1n) is 14.7. The molecular weight excluding hydrogens is 584 g/mol. The van der Waals surface area contributed by atoms with E-state index >= 15 is 0 Å². The van der Waals surface area contributed by atoms with Crippen LogP contribution in [-0.4, -0.2) is 65.8 Å². The topological polar surface area (TPSA) is 148 Å². The van der Waals surface area contributed by atoms with Crippen LogP contribution in [-0.2, 0) is 4.79 Å². The first kappa shape index (κ1) is 31.1. The number of benzene rings is 3. The highest BCUT2D eigenvalue weighted by Gasteiger charge is 2.40. The minimum atomic E-state index is -0.456. The molecule has 2 aliphatic rings. The van der Waals surface area contributed by atoms with Crippen LogP contribution in [0, 0.1) is 0 Å². The van der Waals surface area contributed by atoms with Gasteiger partial charge < -0.3 is 30.5 Å². The summed E-state index contributed by atoms with van der Waals surface area (Å²) < 4.78 is 6.13. The number of hydrazine groups is 1. The molecule has 0 aromatic heterocycles. The van der Waals surface area contributed by atoms with Crippen LogP contribution in [0.5, 0.6) is 17.2 Å². The summed E-state index contributed by atoms with van der Waals surface area (Å²) in [6, 6.07) is 17.3. The molecule has 1 saturated heterocycles. The lowest BCUT2D eigenvalue weighted by Gasteiger charge is -2.31. The molecule has 2 heterocycles. The van der Waals surface area contributed by atoms with Gasteiger partial charge in [-0.3, -0.25) is 14.6 Å². The molecular formula is C32H37ClN6O5. The number of phenolic OH excluding ortho intramolecular Hbond substituents is 2. The van der Waals surface area contributed by atoms with Crippen molar-refractivity contribution in [2.24, 2.45) is 4.99 Å². The summed E-state index contributed by atoms with van der Waals surface area (Å²) in [6.45, 7) is 5.30. The molecule has 2 aliphatic heterocycles. The van der Waals surface area contributed by atoms with Gasteiger partial charge in [-0.25, -0.2) is 10.9 Å². The van der Waals surface area contributed by atoms with Crippen LogP contribution in [0.4, 0.5) is 5.69 Å². The van der Waals surface area contributed by atoms with Gasteiger partial charge in [-0.2, -0.15) is 0 Å². The number of amides is 2.